The van der Waals surface area contributed by atoms with Crippen LogP contribution in [0.2, 0.25) is 0 Å². The Bertz CT molecular complexity index is 1260. The van der Waals surface area contributed by atoms with Gasteiger partial charge in [0, 0.05) is 6.42 Å². The van der Waals surface area contributed by atoms with Gasteiger partial charge in [-0.1, -0.05) is 58.4 Å². The van der Waals surface area contributed by atoms with Crippen LogP contribution >= 0.6 is 0 Å². The molecule has 4 aliphatic carbocycles. The van der Waals surface area contributed by atoms with Crippen LogP contribution < -0.4 is 0 Å². The number of fused-ring (bicyclic) bond motifs is 6. The summed E-state index contributed by atoms with van der Waals surface area (Å²) < 4.78 is 115. The molecule has 0 saturated heterocycles. The predicted octanol–water partition coefficient (Wildman–Crippen LogP) is 11.7. The van der Waals surface area contributed by atoms with E-state index in [-0.39, 0.29) is 6.42 Å². The summed E-state index contributed by atoms with van der Waals surface area (Å²) in [6.07, 6.45) is 5.57. The molecule has 5 rings (SSSR count). The molecule has 1 spiro atoms. The van der Waals surface area contributed by atoms with Gasteiger partial charge in [0.2, 0.25) is 0 Å². The normalized spacial score (nSPS) is 26.9. The lowest BCUT2D eigenvalue weighted by Gasteiger charge is -2.51. The first kappa shape index (κ1) is 38.7. The number of alkyl halides is 9. The SMILES string of the molecule is CC12CCC3c4ccc(O)cc4CCC3C1CCC21CC1.CCCCCCCCC(CCC(F)(F)C(F)(F)C(F)(F)C(F)(F)F)C(=O)O. The summed E-state index contributed by atoms with van der Waals surface area (Å²) in [5.41, 5.74) is 4.42. The molecule has 4 aliphatic rings. The average molecular weight is 701 g/mol. The van der Waals surface area contributed by atoms with Crippen molar-refractivity contribution in [2.24, 2.45) is 28.6 Å². The number of aromatic hydroxyl groups is 1. The molecule has 0 bridgehead atoms. The van der Waals surface area contributed by atoms with Gasteiger partial charge in [0.15, 0.2) is 0 Å². The van der Waals surface area contributed by atoms with Crippen LogP contribution in [0.25, 0.3) is 0 Å². The van der Waals surface area contributed by atoms with E-state index in [1.807, 2.05) is 19.1 Å². The quantitative estimate of drug-likeness (QED) is 0.159. The molecule has 0 radical (unpaired) electrons. The van der Waals surface area contributed by atoms with Crippen molar-refractivity contribution in [2.75, 3.05) is 0 Å². The molecular formula is C36H49F9O3. The summed E-state index contributed by atoms with van der Waals surface area (Å²) in [6, 6.07) is 6.16. The van der Waals surface area contributed by atoms with Crippen LogP contribution in [-0.2, 0) is 11.2 Å². The first-order valence-corrected chi connectivity index (χ1v) is 17.5. The molecule has 5 unspecified atom stereocenters. The zero-order valence-corrected chi connectivity index (χ0v) is 27.8. The number of carboxylic acid groups (broad SMARTS) is 1. The molecule has 1 aromatic rings. The van der Waals surface area contributed by atoms with Crippen LogP contribution in [0.1, 0.15) is 134 Å². The van der Waals surface area contributed by atoms with Gasteiger partial charge < -0.3 is 10.2 Å². The third-order valence-electron chi connectivity index (χ3n) is 12.4. The zero-order chi connectivity index (χ0) is 35.8. The monoisotopic (exact) mass is 700 g/mol. The fraction of sp³-hybridized carbons (Fsp3) is 0.806. The molecular weight excluding hydrogens is 651 g/mol. The fourth-order valence-electron chi connectivity index (χ4n) is 9.25. The van der Waals surface area contributed by atoms with Gasteiger partial charge in [0.25, 0.3) is 0 Å². The van der Waals surface area contributed by atoms with Gasteiger partial charge in [-0.05, 0) is 116 Å². The number of benzene rings is 1. The van der Waals surface area contributed by atoms with Gasteiger partial charge in [0.1, 0.15) is 5.75 Å². The van der Waals surface area contributed by atoms with E-state index in [2.05, 4.69) is 13.0 Å². The Morgan fingerprint density at radius 1 is 0.854 bits per heavy atom. The average Bonchev–Trinajstić information content (AvgIpc) is 3.74. The Balaban J connectivity index is 0.000000221. The van der Waals surface area contributed by atoms with Crippen molar-refractivity contribution in [3.8, 4) is 5.75 Å². The summed E-state index contributed by atoms with van der Waals surface area (Å²) in [6.45, 7) is 4.61. The summed E-state index contributed by atoms with van der Waals surface area (Å²) in [7, 11) is 0. The molecule has 0 aliphatic heterocycles. The summed E-state index contributed by atoms with van der Waals surface area (Å²) >= 11 is 0. The van der Waals surface area contributed by atoms with Crippen LogP contribution in [0, 0.1) is 28.6 Å². The Labute approximate surface area is 277 Å². The number of rotatable bonds is 13. The maximum absolute atomic E-state index is 13.5. The first-order chi connectivity index (χ1) is 22.2. The lowest BCUT2D eigenvalue weighted by Crippen LogP contribution is -2.60. The van der Waals surface area contributed by atoms with E-state index in [0.717, 1.165) is 48.9 Å². The summed E-state index contributed by atoms with van der Waals surface area (Å²) in [5.74, 6) is -19.4. The number of aliphatic carboxylic acids is 1. The van der Waals surface area contributed by atoms with Crippen molar-refractivity contribution in [1.82, 2.24) is 0 Å². The van der Waals surface area contributed by atoms with Gasteiger partial charge in [-0.15, -0.1) is 0 Å². The number of phenols is 1. The van der Waals surface area contributed by atoms with Gasteiger partial charge in [-0.3, -0.25) is 4.79 Å². The van der Waals surface area contributed by atoms with Crippen molar-refractivity contribution in [1.29, 1.82) is 0 Å². The second-order valence-electron chi connectivity index (χ2n) is 15.1. The number of aryl methyl sites for hydroxylation is 1. The van der Waals surface area contributed by atoms with Crippen LogP contribution in [0.5, 0.6) is 5.75 Å². The van der Waals surface area contributed by atoms with Crippen molar-refractivity contribution in [2.45, 2.75) is 153 Å². The smallest absolute Gasteiger partial charge is 0.460 e. The van der Waals surface area contributed by atoms with E-state index in [9.17, 15) is 49.4 Å². The topological polar surface area (TPSA) is 57.5 Å². The second kappa shape index (κ2) is 14.2. The second-order valence-corrected chi connectivity index (χ2v) is 15.1. The number of unbranched alkanes of at least 4 members (excludes halogenated alkanes) is 5. The molecule has 3 fully saturated rings. The highest BCUT2D eigenvalue weighted by molar-refractivity contribution is 5.69. The lowest BCUT2D eigenvalue weighted by atomic mass is 9.53. The van der Waals surface area contributed by atoms with Crippen LogP contribution in [0.3, 0.4) is 0 Å². The molecule has 3 saturated carbocycles. The highest BCUT2D eigenvalue weighted by Crippen LogP contribution is 2.75. The molecule has 2 N–H and O–H groups in total. The number of halogens is 9. The summed E-state index contributed by atoms with van der Waals surface area (Å²) in [4.78, 5) is 11.0. The van der Waals surface area contributed by atoms with E-state index < -0.39 is 48.7 Å². The molecule has 274 valence electrons. The molecule has 12 heteroatoms. The number of carbonyl (C=O) groups is 1. The minimum Gasteiger partial charge on any atom is -0.508 e. The maximum atomic E-state index is 13.5. The fourth-order valence-corrected chi connectivity index (χ4v) is 9.25. The Morgan fingerprint density at radius 3 is 2.10 bits per heavy atom. The van der Waals surface area contributed by atoms with Gasteiger partial charge in [-0.2, -0.15) is 39.5 Å². The Morgan fingerprint density at radius 2 is 1.50 bits per heavy atom. The minimum atomic E-state index is -6.94. The van der Waals surface area contributed by atoms with Crippen LogP contribution in [0.15, 0.2) is 18.2 Å². The first-order valence-electron chi connectivity index (χ1n) is 17.5. The van der Waals surface area contributed by atoms with Crippen LogP contribution in [0.4, 0.5) is 39.5 Å². The van der Waals surface area contributed by atoms with E-state index in [1.165, 1.54) is 56.9 Å². The number of phenolic OH excluding ortho intramolecular Hbond substituents is 1. The highest BCUT2D eigenvalue weighted by Gasteiger charge is 2.81. The van der Waals surface area contributed by atoms with Crippen molar-refractivity contribution >= 4 is 5.97 Å². The zero-order valence-electron chi connectivity index (χ0n) is 27.8. The number of hydrogen-bond acceptors (Lipinski definition) is 2. The molecule has 5 atom stereocenters. The van der Waals surface area contributed by atoms with Gasteiger partial charge in [0.05, 0.1) is 5.92 Å². The Hall–Kier alpha value is -2.14. The number of hydrogen-bond donors (Lipinski definition) is 2. The van der Waals surface area contributed by atoms with E-state index in [0.29, 0.717) is 24.0 Å². The molecule has 0 amide bonds. The molecule has 3 nitrogen and oxygen atoms in total. The van der Waals surface area contributed by atoms with Crippen molar-refractivity contribution in [3.63, 3.8) is 0 Å². The predicted molar refractivity (Wildman–Crippen MR) is 164 cm³/mol. The van der Waals surface area contributed by atoms with E-state index >= 15 is 0 Å². The van der Waals surface area contributed by atoms with E-state index in [4.69, 9.17) is 5.11 Å². The molecule has 1 aromatic carbocycles. The van der Waals surface area contributed by atoms with Gasteiger partial charge in [-0.25, -0.2) is 0 Å². The third-order valence-corrected chi connectivity index (χ3v) is 12.4. The highest BCUT2D eigenvalue weighted by atomic mass is 19.4. The van der Waals surface area contributed by atoms with Gasteiger partial charge >= 0.3 is 29.9 Å². The van der Waals surface area contributed by atoms with Crippen LogP contribution in [-0.4, -0.2) is 40.1 Å². The molecule has 48 heavy (non-hydrogen) atoms. The van der Waals surface area contributed by atoms with Crippen molar-refractivity contribution < 1.29 is 54.5 Å². The Kier molecular flexibility index (Phi) is 11.5. The largest absolute Gasteiger partial charge is 0.508 e. The van der Waals surface area contributed by atoms with E-state index in [1.54, 1.807) is 5.56 Å². The standard InChI is InChI=1S/C20H26O.C16H23F9O2/c1-19-8-6-16-15-5-3-14(21)12-13(15)2-4-17(16)18(19)7-9-20(19)10-11-20;1-2-3-4-5-6-7-8-11(12(26)27)9-10-13(17,18)14(19,20)15(21,22)16(23,24)25/h3,5,12,16-18,21H,2,4,6-11H2,1H3;11H,2-10H2,1H3,(H,26,27). The third kappa shape index (κ3) is 7.33. The summed E-state index contributed by atoms with van der Waals surface area (Å²) in [5, 5.41) is 18.7. The van der Waals surface area contributed by atoms with Crippen molar-refractivity contribution in [3.05, 3.63) is 29.3 Å². The molecule has 0 heterocycles. The number of carboxylic acids is 1. The molecule has 0 aromatic heterocycles. The lowest BCUT2D eigenvalue weighted by molar-refractivity contribution is -0.396. The minimum absolute atomic E-state index is 0.154. The maximum Gasteiger partial charge on any atom is 0.460 e.